The van der Waals surface area contributed by atoms with Crippen LogP contribution in [0.2, 0.25) is 0 Å². The van der Waals surface area contributed by atoms with Crippen LogP contribution < -0.4 is 0 Å². The lowest BCUT2D eigenvalue weighted by atomic mass is 10.3. The molecule has 0 amide bonds. The van der Waals surface area contributed by atoms with Crippen LogP contribution in [0, 0.1) is 30.9 Å². The van der Waals surface area contributed by atoms with Gasteiger partial charge >= 0.3 is 5.69 Å². The first-order valence-electron chi connectivity index (χ1n) is 5.25. The number of hydrogen-bond donors (Lipinski definition) is 0. The van der Waals surface area contributed by atoms with E-state index in [2.05, 4.69) is 26.0 Å². The van der Waals surface area contributed by atoms with E-state index in [0.717, 1.165) is 10.0 Å². The Morgan fingerprint density at radius 3 is 2.56 bits per heavy atom. The molecule has 0 aromatic carbocycles. The quantitative estimate of drug-likeness (QED) is 0.631. The second-order valence-electron chi connectivity index (χ2n) is 3.98. The lowest BCUT2D eigenvalue weighted by Gasteiger charge is -2.04. The largest absolute Gasteiger partial charge is 0.313 e. The van der Waals surface area contributed by atoms with E-state index in [9.17, 15) is 10.1 Å². The van der Waals surface area contributed by atoms with Crippen molar-refractivity contribution in [1.29, 1.82) is 0 Å². The van der Waals surface area contributed by atoms with E-state index in [1.807, 2.05) is 13.0 Å². The van der Waals surface area contributed by atoms with Crippen LogP contribution in [-0.4, -0.2) is 19.7 Å². The van der Waals surface area contributed by atoms with E-state index in [-0.39, 0.29) is 5.69 Å². The zero-order valence-electron chi connectivity index (χ0n) is 10.1. The van der Waals surface area contributed by atoms with E-state index < -0.39 is 4.92 Å². The van der Waals surface area contributed by atoms with Gasteiger partial charge in [0.1, 0.15) is 11.4 Å². The molecule has 0 bridgehead atoms. The summed E-state index contributed by atoms with van der Waals surface area (Å²) in [7, 11) is 0. The van der Waals surface area contributed by atoms with Crippen molar-refractivity contribution in [2.45, 2.75) is 20.8 Å². The number of pyridine rings is 1. The van der Waals surface area contributed by atoms with Crippen LogP contribution in [0.4, 0.5) is 5.69 Å². The monoisotopic (exact) mass is 310 g/mol. The maximum absolute atomic E-state index is 10.9. The summed E-state index contributed by atoms with van der Waals surface area (Å²) in [4.78, 5) is 14.7. The molecule has 0 aliphatic carbocycles. The molecule has 0 saturated heterocycles. The van der Waals surface area contributed by atoms with Gasteiger partial charge in [0.25, 0.3) is 0 Å². The maximum atomic E-state index is 10.9. The highest BCUT2D eigenvalue weighted by atomic mass is 79.9. The standard InChI is InChI=1S/C11H11BrN4O2/c1-6-4-10(13-5-9(6)12)15-8(3)11(16(17)18)7(2)14-15/h4-5H,1-3H3. The van der Waals surface area contributed by atoms with Crippen molar-refractivity contribution in [3.8, 4) is 5.82 Å². The summed E-state index contributed by atoms with van der Waals surface area (Å²) in [6.45, 7) is 5.21. The number of halogens is 1. The molecule has 2 heterocycles. The van der Waals surface area contributed by atoms with Crippen LogP contribution in [0.3, 0.4) is 0 Å². The number of nitro groups is 1. The summed E-state index contributed by atoms with van der Waals surface area (Å²) < 4.78 is 2.38. The van der Waals surface area contributed by atoms with Crippen molar-refractivity contribution >= 4 is 21.6 Å². The second-order valence-corrected chi connectivity index (χ2v) is 4.83. The Balaban J connectivity index is 2.61. The van der Waals surface area contributed by atoms with E-state index in [4.69, 9.17) is 0 Å². The van der Waals surface area contributed by atoms with Gasteiger partial charge in [-0.15, -0.1) is 0 Å². The molecule has 7 heteroatoms. The average molecular weight is 311 g/mol. The molecule has 0 aliphatic rings. The summed E-state index contributed by atoms with van der Waals surface area (Å²) in [5.74, 6) is 0.574. The Morgan fingerprint density at radius 1 is 1.39 bits per heavy atom. The summed E-state index contributed by atoms with van der Waals surface area (Å²) in [6.07, 6.45) is 1.66. The van der Waals surface area contributed by atoms with Gasteiger partial charge in [-0.05, 0) is 48.3 Å². The third-order valence-corrected chi connectivity index (χ3v) is 3.52. The number of rotatable bonds is 2. The van der Waals surface area contributed by atoms with Gasteiger partial charge in [-0.3, -0.25) is 10.1 Å². The van der Waals surface area contributed by atoms with E-state index in [0.29, 0.717) is 17.2 Å². The molecule has 0 unspecified atom stereocenters. The summed E-state index contributed by atoms with van der Waals surface area (Å²) in [5, 5.41) is 15.1. The summed E-state index contributed by atoms with van der Waals surface area (Å²) >= 11 is 3.36. The van der Waals surface area contributed by atoms with Crippen molar-refractivity contribution in [3.05, 3.63) is 43.8 Å². The molecule has 6 nitrogen and oxygen atoms in total. The fraction of sp³-hybridized carbons (Fsp3) is 0.273. The zero-order chi connectivity index (χ0) is 13.4. The average Bonchev–Trinajstić information content (AvgIpc) is 2.58. The maximum Gasteiger partial charge on any atom is 0.313 e. The molecular formula is C11H11BrN4O2. The Labute approximate surface area is 112 Å². The van der Waals surface area contributed by atoms with Crippen LogP contribution in [0.25, 0.3) is 5.82 Å². The number of hydrogen-bond acceptors (Lipinski definition) is 4. The molecule has 0 aliphatic heterocycles. The SMILES string of the molecule is Cc1cc(-n2nc(C)c([N+](=O)[O-])c2C)ncc1Br. The zero-order valence-corrected chi connectivity index (χ0v) is 11.7. The summed E-state index contributed by atoms with van der Waals surface area (Å²) in [5.41, 5.74) is 1.90. The van der Waals surface area contributed by atoms with Crippen molar-refractivity contribution in [3.63, 3.8) is 0 Å². The molecule has 0 radical (unpaired) electrons. The Bertz CT molecular complexity index is 636. The number of aromatic nitrogens is 3. The van der Waals surface area contributed by atoms with Gasteiger partial charge in [0.2, 0.25) is 0 Å². The van der Waals surface area contributed by atoms with Crippen LogP contribution in [0.5, 0.6) is 0 Å². The Hall–Kier alpha value is -1.76. The van der Waals surface area contributed by atoms with Crippen molar-refractivity contribution in [2.75, 3.05) is 0 Å². The van der Waals surface area contributed by atoms with Crippen LogP contribution in [-0.2, 0) is 0 Å². The molecule has 94 valence electrons. The van der Waals surface area contributed by atoms with E-state index in [1.165, 1.54) is 4.68 Å². The second kappa shape index (κ2) is 4.49. The van der Waals surface area contributed by atoms with Gasteiger partial charge in [-0.2, -0.15) is 5.10 Å². The third-order valence-electron chi connectivity index (χ3n) is 2.69. The minimum absolute atomic E-state index is 0.0392. The molecule has 2 rings (SSSR count). The van der Waals surface area contributed by atoms with Crippen LogP contribution >= 0.6 is 15.9 Å². The third kappa shape index (κ3) is 2.01. The molecule has 0 atom stereocenters. The van der Waals surface area contributed by atoms with Gasteiger partial charge in [-0.1, -0.05) is 0 Å². The molecule has 0 fully saturated rings. The highest BCUT2D eigenvalue weighted by molar-refractivity contribution is 9.10. The van der Waals surface area contributed by atoms with E-state index >= 15 is 0 Å². The minimum Gasteiger partial charge on any atom is -0.258 e. The minimum atomic E-state index is -0.417. The van der Waals surface area contributed by atoms with E-state index in [1.54, 1.807) is 20.0 Å². The first-order chi connectivity index (χ1) is 8.41. The van der Waals surface area contributed by atoms with Crippen molar-refractivity contribution < 1.29 is 4.92 Å². The van der Waals surface area contributed by atoms with Gasteiger partial charge in [0.15, 0.2) is 5.82 Å². The Morgan fingerprint density at radius 2 is 2.06 bits per heavy atom. The fourth-order valence-electron chi connectivity index (χ4n) is 1.76. The van der Waals surface area contributed by atoms with Crippen LogP contribution in [0.1, 0.15) is 17.0 Å². The topological polar surface area (TPSA) is 73.8 Å². The molecule has 2 aromatic rings. The summed E-state index contributed by atoms with van der Waals surface area (Å²) in [6, 6.07) is 1.83. The smallest absolute Gasteiger partial charge is 0.258 e. The molecule has 0 spiro atoms. The van der Waals surface area contributed by atoms with Crippen molar-refractivity contribution in [1.82, 2.24) is 14.8 Å². The predicted molar refractivity (Wildman–Crippen MR) is 69.9 cm³/mol. The van der Waals surface area contributed by atoms with Crippen LogP contribution in [0.15, 0.2) is 16.7 Å². The predicted octanol–water partition coefficient (Wildman–Crippen LogP) is 2.86. The van der Waals surface area contributed by atoms with Gasteiger partial charge in [-0.25, -0.2) is 9.67 Å². The molecular weight excluding hydrogens is 300 g/mol. The van der Waals surface area contributed by atoms with Gasteiger partial charge < -0.3 is 0 Å². The first-order valence-corrected chi connectivity index (χ1v) is 6.04. The lowest BCUT2D eigenvalue weighted by molar-refractivity contribution is -0.386. The first kappa shape index (κ1) is 12.7. The highest BCUT2D eigenvalue weighted by Gasteiger charge is 2.23. The number of aryl methyl sites for hydroxylation is 2. The molecule has 2 aromatic heterocycles. The van der Waals surface area contributed by atoms with Crippen molar-refractivity contribution in [2.24, 2.45) is 0 Å². The normalized spacial score (nSPS) is 10.7. The number of nitrogens with zero attached hydrogens (tertiary/aromatic N) is 4. The van der Waals surface area contributed by atoms with Gasteiger partial charge in [0.05, 0.1) is 4.92 Å². The lowest BCUT2D eigenvalue weighted by Crippen LogP contribution is -2.02. The molecule has 0 saturated carbocycles. The highest BCUT2D eigenvalue weighted by Crippen LogP contribution is 2.25. The Kier molecular flexibility index (Phi) is 3.16. The van der Waals surface area contributed by atoms with Gasteiger partial charge in [0, 0.05) is 10.7 Å². The molecule has 18 heavy (non-hydrogen) atoms. The fourth-order valence-corrected chi connectivity index (χ4v) is 1.98. The molecule has 0 N–H and O–H groups in total.